The summed E-state index contributed by atoms with van der Waals surface area (Å²) in [5.74, 6) is 0.863. The van der Waals surface area contributed by atoms with Crippen molar-refractivity contribution in [1.82, 2.24) is 9.80 Å². The van der Waals surface area contributed by atoms with E-state index in [-0.39, 0.29) is 24.6 Å². The first-order valence-corrected chi connectivity index (χ1v) is 8.15. The molecule has 0 aromatic heterocycles. The lowest BCUT2D eigenvalue weighted by atomic mass is 9.99. The monoisotopic (exact) mass is 319 g/mol. The number of likely N-dealkylation sites (tertiary alicyclic amines) is 1. The molecule has 0 spiro atoms. The highest BCUT2D eigenvalue weighted by Gasteiger charge is 2.38. The minimum absolute atomic E-state index is 0.115. The van der Waals surface area contributed by atoms with E-state index in [1.165, 1.54) is 0 Å². The second kappa shape index (κ2) is 7.19. The Bertz CT molecular complexity index is 552. The zero-order valence-electron chi connectivity index (χ0n) is 13.8. The van der Waals surface area contributed by atoms with Gasteiger partial charge in [0.2, 0.25) is 5.91 Å². The minimum Gasteiger partial charge on any atom is -0.495 e. The summed E-state index contributed by atoms with van der Waals surface area (Å²) in [4.78, 5) is 16.9. The van der Waals surface area contributed by atoms with Crippen LogP contribution in [0.4, 0.5) is 5.69 Å². The van der Waals surface area contributed by atoms with E-state index in [2.05, 4.69) is 17.3 Å². The van der Waals surface area contributed by atoms with Crippen molar-refractivity contribution >= 4 is 11.6 Å². The number of para-hydroxylation sites is 2. The van der Waals surface area contributed by atoms with Gasteiger partial charge in [0.25, 0.3) is 0 Å². The van der Waals surface area contributed by atoms with Crippen molar-refractivity contribution in [2.45, 2.75) is 18.6 Å². The van der Waals surface area contributed by atoms with Crippen molar-refractivity contribution in [3.63, 3.8) is 0 Å². The second-order valence-corrected chi connectivity index (χ2v) is 6.17. The van der Waals surface area contributed by atoms with Gasteiger partial charge in [0.1, 0.15) is 5.75 Å². The van der Waals surface area contributed by atoms with Gasteiger partial charge in [-0.15, -0.1) is 0 Å². The Morgan fingerprint density at radius 1 is 1.39 bits per heavy atom. The normalized spacial score (nSPS) is 24.9. The van der Waals surface area contributed by atoms with Crippen molar-refractivity contribution < 1.29 is 14.3 Å². The number of ether oxygens (including phenoxy) is 2. The molecule has 126 valence electrons. The number of nitrogens with zero attached hydrogens (tertiary/aromatic N) is 2. The molecular weight excluding hydrogens is 294 g/mol. The Labute approximate surface area is 137 Å². The van der Waals surface area contributed by atoms with Crippen LogP contribution in [0.15, 0.2) is 24.3 Å². The minimum atomic E-state index is 0.115. The molecule has 2 atom stereocenters. The lowest BCUT2D eigenvalue weighted by Gasteiger charge is -2.46. The Kier molecular flexibility index (Phi) is 5.03. The summed E-state index contributed by atoms with van der Waals surface area (Å²) in [6, 6.07) is 7.80. The fraction of sp³-hybridized carbons (Fsp3) is 0.588. The quantitative estimate of drug-likeness (QED) is 0.899. The molecule has 2 aliphatic heterocycles. The number of likely N-dealkylation sites (N-methyl/N-ethyl adjacent to an activating group) is 1. The third kappa shape index (κ3) is 3.59. The van der Waals surface area contributed by atoms with Crippen LogP contribution in [0.3, 0.4) is 0 Å². The van der Waals surface area contributed by atoms with E-state index in [0.717, 1.165) is 30.9 Å². The fourth-order valence-electron chi connectivity index (χ4n) is 3.40. The highest BCUT2D eigenvalue weighted by Crippen LogP contribution is 2.24. The Morgan fingerprint density at radius 2 is 2.22 bits per heavy atom. The van der Waals surface area contributed by atoms with Crippen molar-refractivity contribution in [1.29, 1.82) is 0 Å². The van der Waals surface area contributed by atoms with Crippen LogP contribution in [-0.2, 0) is 9.53 Å². The number of benzene rings is 1. The third-order valence-corrected chi connectivity index (χ3v) is 4.65. The Hall–Kier alpha value is -1.79. The standard InChI is InChI=1S/C17H25N3O3/c1-19-8-7-16-14(12-19)20(9-10-23-16)17(21)11-18-13-5-3-4-6-15(13)22-2/h3-6,14,16,18H,7-12H2,1-2H3. The second-order valence-electron chi connectivity index (χ2n) is 6.17. The Balaban J connectivity index is 1.63. The van der Waals surface area contributed by atoms with Crippen LogP contribution in [-0.4, -0.2) is 74.8 Å². The number of morpholine rings is 1. The van der Waals surface area contributed by atoms with Gasteiger partial charge in [0.05, 0.1) is 38.1 Å². The predicted molar refractivity (Wildman–Crippen MR) is 88.8 cm³/mol. The van der Waals surface area contributed by atoms with Crippen LogP contribution >= 0.6 is 0 Å². The van der Waals surface area contributed by atoms with Gasteiger partial charge in [-0.3, -0.25) is 4.79 Å². The van der Waals surface area contributed by atoms with Gasteiger partial charge in [0.15, 0.2) is 0 Å². The lowest BCUT2D eigenvalue weighted by molar-refractivity contribution is -0.150. The summed E-state index contributed by atoms with van der Waals surface area (Å²) in [6.07, 6.45) is 1.17. The molecule has 2 aliphatic rings. The largest absolute Gasteiger partial charge is 0.495 e. The molecule has 0 bridgehead atoms. The molecule has 23 heavy (non-hydrogen) atoms. The zero-order valence-corrected chi connectivity index (χ0v) is 13.8. The molecule has 1 aromatic rings. The fourth-order valence-corrected chi connectivity index (χ4v) is 3.40. The van der Waals surface area contributed by atoms with Crippen LogP contribution in [0.2, 0.25) is 0 Å². The molecule has 1 N–H and O–H groups in total. The molecule has 2 saturated heterocycles. The number of carbonyl (C=O) groups is 1. The van der Waals surface area contributed by atoms with Crippen molar-refractivity contribution in [2.75, 3.05) is 52.3 Å². The van der Waals surface area contributed by atoms with E-state index < -0.39 is 0 Å². The summed E-state index contributed by atoms with van der Waals surface area (Å²) < 4.78 is 11.2. The van der Waals surface area contributed by atoms with Gasteiger partial charge < -0.3 is 24.6 Å². The van der Waals surface area contributed by atoms with Gasteiger partial charge >= 0.3 is 0 Å². The number of piperidine rings is 1. The van der Waals surface area contributed by atoms with E-state index in [1.54, 1.807) is 7.11 Å². The maximum atomic E-state index is 12.7. The number of carbonyl (C=O) groups excluding carboxylic acids is 1. The first-order chi connectivity index (χ1) is 11.2. The number of hydrogen-bond donors (Lipinski definition) is 1. The number of fused-ring (bicyclic) bond motifs is 1. The summed E-state index contributed by atoms with van der Waals surface area (Å²) in [7, 11) is 3.73. The summed E-state index contributed by atoms with van der Waals surface area (Å²) in [6.45, 7) is 3.48. The smallest absolute Gasteiger partial charge is 0.242 e. The van der Waals surface area contributed by atoms with E-state index in [0.29, 0.717) is 13.2 Å². The first kappa shape index (κ1) is 16.1. The Morgan fingerprint density at radius 3 is 3.04 bits per heavy atom. The number of rotatable bonds is 4. The van der Waals surface area contributed by atoms with Gasteiger partial charge in [-0.2, -0.15) is 0 Å². The van der Waals surface area contributed by atoms with Gasteiger partial charge in [-0.1, -0.05) is 12.1 Å². The first-order valence-electron chi connectivity index (χ1n) is 8.15. The molecule has 3 rings (SSSR count). The van der Waals surface area contributed by atoms with Crippen LogP contribution in [0.25, 0.3) is 0 Å². The SMILES string of the molecule is COc1ccccc1NCC(=O)N1CCOC2CCN(C)CC21. The molecule has 0 aliphatic carbocycles. The van der Waals surface area contributed by atoms with E-state index in [9.17, 15) is 4.79 Å². The number of nitrogens with one attached hydrogen (secondary N) is 1. The van der Waals surface area contributed by atoms with Crippen molar-refractivity contribution in [3.8, 4) is 5.75 Å². The zero-order chi connectivity index (χ0) is 16.2. The molecule has 2 heterocycles. The van der Waals surface area contributed by atoms with E-state index in [4.69, 9.17) is 9.47 Å². The van der Waals surface area contributed by atoms with Crippen molar-refractivity contribution in [2.24, 2.45) is 0 Å². The maximum absolute atomic E-state index is 12.7. The summed E-state index contributed by atoms with van der Waals surface area (Å²) in [5.41, 5.74) is 0.842. The molecule has 1 amide bonds. The van der Waals surface area contributed by atoms with Crippen LogP contribution in [0.1, 0.15) is 6.42 Å². The topological polar surface area (TPSA) is 54.0 Å². The molecule has 2 fully saturated rings. The van der Waals surface area contributed by atoms with Crippen LogP contribution in [0.5, 0.6) is 5.75 Å². The highest BCUT2D eigenvalue weighted by atomic mass is 16.5. The molecule has 6 nitrogen and oxygen atoms in total. The van der Waals surface area contributed by atoms with Gasteiger partial charge in [-0.25, -0.2) is 0 Å². The summed E-state index contributed by atoms with van der Waals surface area (Å²) in [5, 5.41) is 3.20. The third-order valence-electron chi connectivity index (χ3n) is 4.65. The number of anilines is 1. The predicted octanol–water partition coefficient (Wildman–Crippen LogP) is 1.04. The lowest BCUT2D eigenvalue weighted by Crippen LogP contribution is -2.61. The van der Waals surface area contributed by atoms with Gasteiger partial charge in [-0.05, 0) is 25.6 Å². The van der Waals surface area contributed by atoms with E-state index >= 15 is 0 Å². The number of methoxy groups -OCH3 is 1. The summed E-state index contributed by atoms with van der Waals surface area (Å²) >= 11 is 0. The molecule has 6 heteroatoms. The molecular formula is C17H25N3O3. The molecule has 0 saturated carbocycles. The van der Waals surface area contributed by atoms with Crippen molar-refractivity contribution in [3.05, 3.63) is 24.3 Å². The number of amides is 1. The van der Waals surface area contributed by atoms with Gasteiger partial charge in [0, 0.05) is 19.6 Å². The average Bonchev–Trinajstić information content (AvgIpc) is 2.59. The molecule has 2 unspecified atom stereocenters. The van der Waals surface area contributed by atoms with E-state index in [1.807, 2.05) is 29.2 Å². The highest BCUT2D eigenvalue weighted by molar-refractivity contribution is 5.82. The maximum Gasteiger partial charge on any atom is 0.242 e. The van der Waals surface area contributed by atoms with Crippen LogP contribution < -0.4 is 10.1 Å². The van der Waals surface area contributed by atoms with Crippen LogP contribution in [0, 0.1) is 0 Å². The average molecular weight is 319 g/mol. The molecule has 0 radical (unpaired) electrons. The number of hydrogen-bond acceptors (Lipinski definition) is 5. The molecule has 1 aromatic carbocycles.